The summed E-state index contributed by atoms with van der Waals surface area (Å²) >= 11 is 15.2. The molecule has 3 nitrogen and oxygen atoms in total. The van der Waals surface area contributed by atoms with Crippen LogP contribution >= 0.6 is 39.1 Å². The highest BCUT2D eigenvalue weighted by atomic mass is 79.9. The Labute approximate surface area is 111 Å². The summed E-state index contributed by atoms with van der Waals surface area (Å²) < 4.78 is 0.719. The number of nitrogens with one attached hydrogen (secondary N) is 1. The monoisotopic (exact) mass is 320 g/mol. The topological polar surface area (TPSA) is 41.5 Å². The van der Waals surface area contributed by atoms with Gasteiger partial charge in [0, 0.05) is 22.9 Å². The second-order valence-electron chi connectivity index (χ2n) is 3.35. The van der Waals surface area contributed by atoms with Gasteiger partial charge in [-0.3, -0.25) is 4.79 Å². The van der Waals surface area contributed by atoms with Crippen molar-refractivity contribution >= 4 is 50.8 Å². The summed E-state index contributed by atoms with van der Waals surface area (Å²) in [5.74, 6) is -0.0668. The van der Waals surface area contributed by atoms with Crippen molar-refractivity contribution in [3.8, 4) is 0 Å². The highest BCUT2D eigenvalue weighted by Gasteiger charge is 2.15. The van der Waals surface area contributed by atoms with Crippen LogP contribution in [0.1, 0.15) is 18.4 Å². The SMILES string of the molecule is O=C1CCC(c2cc(Cl)c(Cl)c(Br)c2)=NN1. The van der Waals surface area contributed by atoms with Crippen molar-refractivity contribution in [2.24, 2.45) is 5.10 Å². The molecule has 0 saturated heterocycles. The standard InChI is InChI=1S/C10H7BrCl2N2O/c11-6-3-5(4-7(12)10(6)13)8-1-2-9(16)15-14-8/h3-4H,1-2H2,(H,15,16). The number of hydrazone groups is 1. The molecule has 0 saturated carbocycles. The van der Waals surface area contributed by atoms with E-state index in [4.69, 9.17) is 23.2 Å². The molecule has 16 heavy (non-hydrogen) atoms. The van der Waals surface area contributed by atoms with Crippen molar-refractivity contribution in [2.45, 2.75) is 12.8 Å². The van der Waals surface area contributed by atoms with Gasteiger partial charge in [-0.05, 0) is 28.1 Å². The lowest BCUT2D eigenvalue weighted by atomic mass is 10.0. The number of benzene rings is 1. The first kappa shape index (κ1) is 11.9. The fourth-order valence-corrected chi connectivity index (χ4v) is 2.31. The van der Waals surface area contributed by atoms with Crippen molar-refractivity contribution in [1.82, 2.24) is 5.43 Å². The Kier molecular flexibility index (Phi) is 3.52. The predicted molar refractivity (Wildman–Crippen MR) is 68.1 cm³/mol. The largest absolute Gasteiger partial charge is 0.273 e. The highest BCUT2D eigenvalue weighted by molar-refractivity contribution is 9.10. The molecule has 0 atom stereocenters. The second kappa shape index (κ2) is 4.73. The van der Waals surface area contributed by atoms with E-state index in [2.05, 4.69) is 26.5 Å². The summed E-state index contributed by atoms with van der Waals surface area (Å²) in [6.45, 7) is 0. The number of hydrogen-bond donors (Lipinski definition) is 1. The molecular formula is C10H7BrCl2N2O. The van der Waals surface area contributed by atoms with Crippen LogP contribution in [0.5, 0.6) is 0 Å². The molecule has 1 amide bonds. The maximum atomic E-state index is 11.0. The summed E-state index contributed by atoms with van der Waals surface area (Å²) in [6.07, 6.45) is 1.05. The van der Waals surface area contributed by atoms with Crippen molar-refractivity contribution in [3.05, 3.63) is 32.2 Å². The van der Waals surface area contributed by atoms with E-state index in [1.807, 2.05) is 6.07 Å². The summed E-state index contributed by atoms with van der Waals surface area (Å²) in [6, 6.07) is 3.58. The molecule has 0 spiro atoms. The number of nitrogens with zero attached hydrogens (tertiary/aromatic N) is 1. The summed E-state index contributed by atoms with van der Waals surface area (Å²) in [5, 5.41) is 4.93. The normalized spacial score (nSPS) is 15.7. The van der Waals surface area contributed by atoms with E-state index in [0.717, 1.165) is 15.7 Å². The number of amides is 1. The molecule has 84 valence electrons. The zero-order chi connectivity index (χ0) is 11.7. The van der Waals surface area contributed by atoms with Crippen LogP contribution in [0.15, 0.2) is 21.7 Å². The average molecular weight is 322 g/mol. The third kappa shape index (κ3) is 2.39. The van der Waals surface area contributed by atoms with Crippen molar-refractivity contribution in [3.63, 3.8) is 0 Å². The van der Waals surface area contributed by atoms with Crippen LogP contribution < -0.4 is 5.43 Å². The molecule has 1 aliphatic rings. The van der Waals surface area contributed by atoms with Gasteiger partial charge in [0.2, 0.25) is 5.91 Å². The van der Waals surface area contributed by atoms with E-state index < -0.39 is 0 Å². The molecule has 1 aliphatic heterocycles. The summed E-state index contributed by atoms with van der Waals surface area (Å²) in [4.78, 5) is 11.0. The van der Waals surface area contributed by atoms with Crippen LogP contribution in [0, 0.1) is 0 Å². The van der Waals surface area contributed by atoms with Gasteiger partial charge in [0.25, 0.3) is 0 Å². The zero-order valence-corrected chi connectivity index (χ0v) is 11.2. The lowest BCUT2D eigenvalue weighted by Crippen LogP contribution is -2.25. The smallest absolute Gasteiger partial charge is 0.240 e. The molecule has 1 aromatic carbocycles. The molecule has 0 bridgehead atoms. The van der Waals surface area contributed by atoms with Gasteiger partial charge in [-0.2, -0.15) is 5.10 Å². The quantitative estimate of drug-likeness (QED) is 0.792. The molecule has 0 unspecified atom stereocenters. The molecule has 0 radical (unpaired) electrons. The van der Waals surface area contributed by atoms with Crippen LogP contribution in [0.2, 0.25) is 10.0 Å². The molecule has 2 rings (SSSR count). The van der Waals surface area contributed by atoms with Gasteiger partial charge >= 0.3 is 0 Å². The molecule has 1 N–H and O–H groups in total. The van der Waals surface area contributed by atoms with E-state index in [-0.39, 0.29) is 5.91 Å². The Morgan fingerprint density at radius 1 is 1.31 bits per heavy atom. The van der Waals surface area contributed by atoms with Crippen molar-refractivity contribution < 1.29 is 4.79 Å². The van der Waals surface area contributed by atoms with E-state index in [0.29, 0.717) is 22.9 Å². The average Bonchev–Trinajstić information content (AvgIpc) is 2.26. The van der Waals surface area contributed by atoms with Gasteiger partial charge in [-0.1, -0.05) is 23.2 Å². The van der Waals surface area contributed by atoms with Crippen molar-refractivity contribution in [2.75, 3.05) is 0 Å². The van der Waals surface area contributed by atoms with Gasteiger partial charge in [0.15, 0.2) is 0 Å². The van der Waals surface area contributed by atoms with Gasteiger partial charge in [0.05, 0.1) is 15.8 Å². The van der Waals surface area contributed by atoms with E-state index in [1.165, 1.54) is 0 Å². The van der Waals surface area contributed by atoms with E-state index in [1.54, 1.807) is 6.07 Å². The summed E-state index contributed by atoms with van der Waals surface area (Å²) in [5.41, 5.74) is 4.11. The zero-order valence-electron chi connectivity index (χ0n) is 8.06. The molecule has 0 fully saturated rings. The molecular weight excluding hydrogens is 315 g/mol. The highest BCUT2D eigenvalue weighted by Crippen LogP contribution is 2.32. The lowest BCUT2D eigenvalue weighted by molar-refractivity contribution is -0.121. The van der Waals surface area contributed by atoms with Crippen molar-refractivity contribution in [1.29, 1.82) is 0 Å². The number of rotatable bonds is 1. The van der Waals surface area contributed by atoms with Crippen LogP contribution in [0.25, 0.3) is 0 Å². The molecule has 6 heteroatoms. The third-order valence-electron chi connectivity index (χ3n) is 2.22. The first-order chi connectivity index (χ1) is 7.58. The maximum absolute atomic E-state index is 11.0. The molecule has 0 aromatic heterocycles. The first-order valence-corrected chi connectivity index (χ1v) is 6.13. The number of carbonyl (C=O) groups is 1. The lowest BCUT2D eigenvalue weighted by Gasteiger charge is -2.13. The minimum atomic E-state index is -0.0668. The van der Waals surface area contributed by atoms with Crippen LogP contribution in [-0.4, -0.2) is 11.6 Å². The molecule has 0 aliphatic carbocycles. The fraction of sp³-hybridized carbons (Fsp3) is 0.200. The Morgan fingerprint density at radius 3 is 2.62 bits per heavy atom. The Balaban J connectivity index is 2.38. The summed E-state index contributed by atoms with van der Waals surface area (Å²) in [7, 11) is 0. The Hall–Kier alpha value is -0.580. The van der Waals surface area contributed by atoms with Crippen LogP contribution in [-0.2, 0) is 4.79 Å². The van der Waals surface area contributed by atoms with E-state index in [9.17, 15) is 4.79 Å². The van der Waals surface area contributed by atoms with Gasteiger partial charge in [-0.15, -0.1) is 0 Å². The Bertz CT molecular complexity index is 465. The van der Waals surface area contributed by atoms with Crippen LogP contribution in [0.4, 0.5) is 0 Å². The minimum Gasteiger partial charge on any atom is -0.273 e. The molecule has 1 aromatic rings. The second-order valence-corrected chi connectivity index (χ2v) is 4.99. The molecule has 1 heterocycles. The predicted octanol–water partition coefficient (Wildman–Crippen LogP) is 3.37. The van der Waals surface area contributed by atoms with E-state index >= 15 is 0 Å². The number of carbonyl (C=O) groups excluding carboxylic acids is 1. The Morgan fingerprint density at radius 2 is 2.06 bits per heavy atom. The van der Waals surface area contributed by atoms with Gasteiger partial charge < -0.3 is 0 Å². The van der Waals surface area contributed by atoms with Gasteiger partial charge in [-0.25, -0.2) is 5.43 Å². The number of hydrogen-bond acceptors (Lipinski definition) is 2. The fourth-order valence-electron chi connectivity index (χ4n) is 1.40. The van der Waals surface area contributed by atoms with Crippen LogP contribution in [0.3, 0.4) is 0 Å². The third-order valence-corrected chi connectivity index (χ3v) is 3.88. The van der Waals surface area contributed by atoms with Gasteiger partial charge in [0.1, 0.15) is 0 Å². The minimum absolute atomic E-state index is 0.0668. The first-order valence-electron chi connectivity index (χ1n) is 4.58. The maximum Gasteiger partial charge on any atom is 0.240 e. The number of halogens is 3.